The highest BCUT2D eigenvalue weighted by Crippen LogP contribution is 2.35. The van der Waals surface area contributed by atoms with Crippen LogP contribution >= 0.6 is 22.9 Å². The molecule has 0 aliphatic rings. The number of nitrogens with one attached hydrogen (secondary N) is 2. The summed E-state index contributed by atoms with van der Waals surface area (Å²) in [5.74, 6) is 0.484. The van der Waals surface area contributed by atoms with Crippen molar-refractivity contribution in [2.24, 2.45) is 0 Å². The van der Waals surface area contributed by atoms with Crippen molar-refractivity contribution >= 4 is 56.6 Å². The minimum absolute atomic E-state index is 0.263. The molecule has 0 atom stereocenters. The van der Waals surface area contributed by atoms with Gasteiger partial charge in [-0.15, -0.1) is 11.3 Å². The Labute approximate surface area is 193 Å². The van der Waals surface area contributed by atoms with E-state index in [9.17, 15) is 9.59 Å². The monoisotopic (exact) mass is 463 g/mol. The predicted molar refractivity (Wildman–Crippen MR) is 129 cm³/mol. The van der Waals surface area contributed by atoms with Gasteiger partial charge in [-0.3, -0.25) is 14.6 Å². The van der Waals surface area contributed by atoms with Gasteiger partial charge in [-0.05, 0) is 42.5 Å². The van der Waals surface area contributed by atoms with Crippen LogP contribution in [0.4, 0.5) is 5.69 Å². The number of pyridine rings is 1. The number of carbonyl (C=O) groups excluding carboxylic acids is 2. The number of hydrogen-bond donors (Lipinski definition) is 2. The van der Waals surface area contributed by atoms with E-state index in [0.717, 1.165) is 15.0 Å². The van der Waals surface area contributed by atoms with Crippen molar-refractivity contribution in [3.05, 3.63) is 88.5 Å². The van der Waals surface area contributed by atoms with Crippen molar-refractivity contribution in [1.29, 1.82) is 0 Å². The smallest absolute Gasteiger partial charge is 0.269 e. The molecule has 2 aromatic heterocycles. The summed E-state index contributed by atoms with van der Waals surface area (Å²) in [7, 11) is 1.54. The SMILES string of the molecule is CNC(=O)c1cc(Oc2ccc(NC(=O)C=Cc3sc4ccccc4c3Cl)cc2)ccn1. The second-order valence-electron chi connectivity index (χ2n) is 6.68. The van der Waals surface area contributed by atoms with Crippen LogP contribution in [-0.2, 0) is 4.79 Å². The van der Waals surface area contributed by atoms with E-state index in [0.29, 0.717) is 22.2 Å². The molecule has 8 heteroatoms. The van der Waals surface area contributed by atoms with Crippen molar-refractivity contribution in [2.75, 3.05) is 12.4 Å². The van der Waals surface area contributed by atoms with Crippen LogP contribution in [0, 0.1) is 0 Å². The Kier molecular flexibility index (Phi) is 6.49. The van der Waals surface area contributed by atoms with Gasteiger partial charge < -0.3 is 15.4 Å². The number of carbonyl (C=O) groups is 2. The number of halogens is 1. The Morgan fingerprint density at radius 2 is 1.84 bits per heavy atom. The molecule has 0 spiro atoms. The number of hydrogen-bond acceptors (Lipinski definition) is 5. The fourth-order valence-electron chi connectivity index (χ4n) is 2.94. The fourth-order valence-corrected chi connectivity index (χ4v) is 4.34. The maximum absolute atomic E-state index is 12.3. The number of amides is 2. The summed E-state index contributed by atoms with van der Waals surface area (Å²) in [5.41, 5.74) is 0.884. The van der Waals surface area contributed by atoms with Gasteiger partial charge in [0.05, 0.1) is 5.02 Å². The first-order valence-electron chi connectivity index (χ1n) is 9.65. The summed E-state index contributed by atoms with van der Waals surface area (Å²) in [6.07, 6.45) is 4.68. The first-order chi connectivity index (χ1) is 15.5. The Morgan fingerprint density at radius 3 is 2.59 bits per heavy atom. The molecule has 2 aromatic carbocycles. The lowest BCUT2D eigenvalue weighted by atomic mass is 10.2. The van der Waals surface area contributed by atoms with E-state index in [4.69, 9.17) is 16.3 Å². The van der Waals surface area contributed by atoms with Gasteiger partial charge in [-0.25, -0.2) is 0 Å². The van der Waals surface area contributed by atoms with Gasteiger partial charge in [0.15, 0.2) is 0 Å². The zero-order chi connectivity index (χ0) is 22.5. The number of fused-ring (bicyclic) bond motifs is 1. The molecule has 0 bridgehead atoms. The third-order valence-electron chi connectivity index (χ3n) is 4.49. The average Bonchev–Trinajstić information content (AvgIpc) is 3.14. The third kappa shape index (κ3) is 4.96. The van der Waals surface area contributed by atoms with Crippen LogP contribution in [0.1, 0.15) is 15.4 Å². The van der Waals surface area contributed by atoms with Crippen LogP contribution in [0.15, 0.2) is 72.9 Å². The Bertz CT molecular complexity index is 1320. The van der Waals surface area contributed by atoms with Gasteiger partial charge in [0, 0.05) is 46.0 Å². The molecule has 4 aromatic rings. The number of aromatic nitrogens is 1. The summed E-state index contributed by atoms with van der Waals surface area (Å²) >= 11 is 7.94. The topological polar surface area (TPSA) is 80.3 Å². The average molecular weight is 464 g/mol. The second-order valence-corrected chi connectivity index (χ2v) is 8.14. The predicted octanol–water partition coefficient (Wildman–Crippen LogP) is 5.75. The number of rotatable bonds is 6. The first-order valence-corrected chi connectivity index (χ1v) is 10.8. The zero-order valence-corrected chi connectivity index (χ0v) is 18.5. The highest BCUT2D eigenvalue weighted by molar-refractivity contribution is 7.20. The van der Waals surface area contributed by atoms with Gasteiger partial charge in [0.2, 0.25) is 5.91 Å². The van der Waals surface area contributed by atoms with Gasteiger partial charge in [-0.2, -0.15) is 0 Å². The van der Waals surface area contributed by atoms with E-state index >= 15 is 0 Å². The van der Waals surface area contributed by atoms with E-state index in [1.54, 1.807) is 42.5 Å². The number of thiophene rings is 1. The molecular formula is C24H18ClN3O3S. The van der Waals surface area contributed by atoms with Gasteiger partial charge in [-0.1, -0.05) is 29.8 Å². The molecule has 0 aliphatic heterocycles. The Morgan fingerprint density at radius 1 is 1.06 bits per heavy atom. The minimum atomic E-state index is -0.293. The van der Waals surface area contributed by atoms with Crippen molar-refractivity contribution in [3.63, 3.8) is 0 Å². The van der Waals surface area contributed by atoms with Crippen molar-refractivity contribution < 1.29 is 14.3 Å². The van der Waals surface area contributed by atoms with Gasteiger partial charge in [0.25, 0.3) is 5.91 Å². The van der Waals surface area contributed by atoms with Crippen LogP contribution in [0.5, 0.6) is 11.5 Å². The van der Waals surface area contributed by atoms with Crippen LogP contribution < -0.4 is 15.4 Å². The van der Waals surface area contributed by atoms with E-state index in [2.05, 4.69) is 15.6 Å². The largest absolute Gasteiger partial charge is 0.457 e. The minimum Gasteiger partial charge on any atom is -0.457 e. The summed E-state index contributed by atoms with van der Waals surface area (Å²) in [5, 5.41) is 6.95. The summed E-state index contributed by atoms with van der Waals surface area (Å²) < 4.78 is 6.83. The summed E-state index contributed by atoms with van der Waals surface area (Å²) in [6.45, 7) is 0. The second kappa shape index (κ2) is 9.64. The van der Waals surface area contributed by atoms with Crippen LogP contribution in [0.25, 0.3) is 16.2 Å². The molecule has 160 valence electrons. The van der Waals surface area contributed by atoms with E-state index in [1.165, 1.54) is 30.7 Å². The Hall–Kier alpha value is -3.68. The quantitative estimate of drug-likeness (QED) is 0.356. The molecule has 32 heavy (non-hydrogen) atoms. The van der Waals surface area contributed by atoms with Crippen molar-refractivity contribution in [1.82, 2.24) is 10.3 Å². The first kappa shape index (κ1) is 21.5. The number of ether oxygens (including phenoxy) is 1. The molecule has 0 radical (unpaired) electrons. The molecule has 2 N–H and O–H groups in total. The Balaban J connectivity index is 1.39. The molecule has 0 saturated heterocycles. The van der Waals surface area contributed by atoms with Crippen LogP contribution in [0.3, 0.4) is 0 Å². The third-order valence-corrected chi connectivity index (χ3v) is 6.15. The molecule has 0 aliphatic carbocycles. The fraction of sp³-hybridized carbons (Fsp3) is 0.0417. The molecule has 6 nitrogen and oxygen atoms in total. The lowest BCUT2D eigenvalue weighted by molar-refractivity contribution is -0.111. The van der Waals surface area contributed by atoms with Gasteiger partial charge in [0.1, 0.15) is 17.2 Å². The molecular weight excluding hydrogens is 446 g/mol. The molecule has 2 amide bonds. The zero-order valence-electron chi connectivity index (χ0n) is 17.0. The molecule has 4 rings (SSSR count). The lowest BCUT2D eigenvalue weighted by Gasteiger charge is -2.08. The molecule has 2 heterocycles. The van der Waals surface area contributed by atoms with Crippen LogP contribution in [-0.4, -0.2) is 23.8 Å². The maximum atomic E-state index is 12.3. The number of nitrogens with zero attached hydrogens (tertiary/aromatic N) is 1. The van der Waals surface area contributed by atoms with E-state index in [-0.39, 0.29) is 17.5 Å². The van der Waals surface area contributed by atoms with E-state index < -0.39 is 0 Å². The number of benzene rings is 2. The normalized spacial score (nSPS) is 10.9. The summed E-state index contributed by atoms with van der Waals surface area (Å²) in [4.78, 5) is 28.8. The number of anilines is 1. The highest BCUT2D eigenvalue weighted by atomic mass is 35.5. The van der Waals surface area contributed by atoms with Crippen molar-refractivity contribution in [3.8, 4) is 11.5 Å². The van der Waals surface area contributed by atoms with E-state index in [1.807, 2.05) is 24.3 Å². The highest BCUT2D eigenvalue weighted by Gasteiger charge is 2.09. The van der Waals surface area contributed by atoms with Gasteiger partial charge >= 0.3 is 0 Å². The standard InChI is InChI=1S/C24H18ClN3O3S/c1-26-24(30)19-14-17(12-13-27-19)31-16-8-6-15(7-9-16)28-22(29)11-10-21-23(25)18-4-2-3-5-20(18)32-21/h2-14H,1H3,(H,26,30)(H,28,29). The maximum Gasteiger partial charge on any atom is 0.269 e. The molecule has 0 fully saturated rings. The lowest BCUT2D eigenvalue weighted by Crippen LogP contribution is -2.18. The molecule has 0 unspecified atom stereocenters. The van der Waals surface area contributed by atoms with Crippen LogP contribution in [0.2, 0.25) is 5.02 Å². The van der Waals surface area contributed by atoms with Crippen molar-refractivity contribution in [2.45, 2.75) is 0 Å². The summed E-state index contributed by atoms with van der Waals surface area (Å²) in [6, 6.07) is 18.0. The molecule has 0 saturated carbocycles.